The molecule has 0 atom stereocenters. The molecule has 62 valence electrons. The summed E-state index contributed by atoms with van der Waals surface area (Å²) in [5, 5.41) is -0.716. The number of aromatic nitrogens is 1. The molecule has 0 fully saturated rings. The van der Waals surface area contributed by atoms with E-state index in [2.05, 4.69) is 11.6 Å². The van der Waals surface area contributed by atoms with Gasteiger partial charge in [-0.2, -0.15) is 0 Å². The Morgan fingerprint density at radius 1 is 1.58 bits per heavy atom. The van der Waals surface area contributed by atoms with Gasteiger partial charge >= 0.3 is 0 Å². The second kappa shape index (κ2) is 3.36. The minimum absolute atomic E-state index is 0.0125. The van der Waals surface area contributed by atoms with Gasteiger partial charge in [0.25, 0.3) is 10.8 Å². The van der Waals surface area contributed by atoms with E-state index < -0.39 is 5.24 Å². The summed E-state index contributed by atoms with van der Waals surface area (Å²) >= 11 is 5.14. The van der Waals surface area contributed by atoms with Crippen molar-refractivity contribution in [2.45, 2.75) is 0 Å². The van der Waals surface area contributed by atoms with E-state index in [-0.39, 0.29) is 16.7 Å². The summed E-state index contributed by atoms with van der Waals surface area (Å²) < 4.78 is 0. The predicted molar refractivity (Wildman–Crippen MR) is 47.0 cm³/mol. The number of H-pyrrole nitrogens is 1. The highest BCUT2D eigenvalue weighted by molar-refractivity contribution is 6.74. The molecular weight excluding hydrogens is 178 g/mol. The third kappa shape index (κ3) is 1.62. The van der Waals surface area contributed by atoms with Crippen molar-refractivity contribution in [1.29, 1.82) is 0 Å². The molecule has 1 rings (SSSR count). The summed E-state index contributed by atoms with van der Waals surface area (Å²) in [6, 6.07) is 3.09. The van der Waals surface area contributed by atoms with Crippen LogP contribution in [-0.4, -0.2) is 10.2 Å². The zero-order valence-corrected chi connectivity index (χ0v) is 6.89. The fourth-order valence-electron chi connectivity index (χ4n) is 0.765. The van der Waals surface area contributed by atoms with E-state index in [1.54, 1.807) is 6.07 Å². The maximum Gasteiger partial charge on any atom is 0.255 e. The van der Waals surface area contributed by atoms with E-state index in [9.17, 15) is 9.59 Å². The van der Waals surface area contributed by atoms with Gasteiger partial charge in [0.1, 0.15) is 0 Å². The smallest absolute Gasteiger partial charge is 0.255 e. The normalized spacial score (nSPS) is 9.42. The molecule has 3 nitrogen and oxygen atoms in total. The summed E-state index contributed by atoms with van der Waals surface area (Å²) in [6.07, 6.45) is 1.47. The van der Waals surface area contributed by atoms with Crippen molar-refractivity contribution in [3.63, 3.8) is 0 Å². The molecule has 1 heterocycles. The van der Waals surface area contributed by atoms with Gasteiger partial charge in [-0.3, -0.25) is 9.59 Å². The minimum atomic E-state index is -0.716. The first kappa shape index (κ1) is 8.74. The van der Waals surface area contributed by atoms with Crippen LogP contribution < -0.4 is 5.56 Å². The molecule has 0 bridgehead atoms. The Morgan fingerprint density at radius 2 is 2.25 bits per heavy atom. The van der Waals surface area contributed by atoms with Crippen LogP contribution in [-0.2, 0) is 4.79 Å². The summed E-state index contributed by atoms with van der Waals surface area (Å²) in [4.78, 5) is 24.1. The highest BCUT2D eigenvalue weighted by Crippen LogP contribution is 2.09. The SMILES string of the molecule is C=C(C(=O)Cl)c1ccc[nH]c1=O. The Morgan fingerprint density at radius 3 is 2.75 bits per heavy atom. The zero-order valence-electron chi connectivity index (χ0n) is 6.13. The van der Waals surface area contributed by atoms with E-state index in [4.69, 9.17) is 11.6 Å². The van der Waals surface area contributed by atoms with Gasteiger partial charge < -0.3 is 4.98 Å². The Kier molecular flexibility index (Phi) is 2.45. The highest BCUT2D eigenvalue weighted by Gasteiger charge is 2.08. The van der Waals surface area contributed by atoms with Gasteiger partial charge in [0.05, 0.1) is 5.56 Å². The van der Waals surface area contributed by atoms with Crippen molar-refractivity contribution < 1.29 is 4.79 Å². The Bertz CT molecular complexity index is 381. The van der Waals surface area contributed by atoms with Crippen molar-refractivity contribution in [3.05, 3.63) is 40.8 Å². The molecule has 0 unspecified atom stereocenters. The topological polar surface area (TPSA) is 49.9 Å². The molecule has 0 aliphatic carbocycles. The number of hydrogen-bond acceptors (Lipinski definition) is 2. The number of carbonyl (C=O) groups is 1. The van der Waals surface area contributed by atoms with Gasteiger partial charge in [0, 0.05) is 11.8 Å². The molecule has 1 aromatic rings. The first-order chi connectivity index (χ1) is 5.63. The standard InChI is InChI=1S/C8H6ClNO2/c1-5(7(9)11)6-3-2-4-10-8(6)12/h2-4H,1H2,(H,10,12). The van der Waals surface area contributed by atoms with Crippen molar-refractivity contribution >= 4 is 22.4 Å². The average Bonchev–Trinajstić information content (AvgIpc) is 2.04. The van der Waals surface area contributed by atoms with Crippen molar-refractivity contribution in [3.8, 4) is 0 Å². The van der Waals surface area contributed by atoms with Crippen LogP contribution in [0, 0.1) is 0 Å². The first-order valence-electron chi connectivity index (χ1n) is 3.19. The summed E-state index contributed by atoms with van der Waals surface area (Å²) in [5.41, 5.74) is -0.146. The monoisotopic (exact) mass is 183 g/mol. The lowest BCUT2D eigenvalue weighted by atomic mass is 10.1. The van der Waals surface area contributed by atoms with Crippen LogP contribution in [0.25, 0.3) is 5.57 Å². The third-order valence-corrected chi connectivity index (χ3v) is 1.61. The van der Waals surface area contributed by atoms with Gasteiger partial charge in [-0.05, 0) is 23.7 Å². The fourth-order valence-corrected chi connectivity index (χ4v) is 0.867. The largest absolute Gasteiger partial charge is 0.329 e. The zero-order chi connectivity index (χ0) is 9.14. The summed E-state index contributed by atoms with van der Waals surface area (Å²) in [5.74, 6) is 0. The van der Waals surface area contributed by atoms with Crippen LogP contribution in [0.2, 0.25) is 0 Å². The molecule has 4 heteroatoms. The lowest BCUT2D eigenvalue weighted by Crippen LogP contribution is -2.11. The van der Waals surface area contributed by atoms with Crippen LogP contribution in [0.15, 0.2) is 29.7 Å². The average molecular weight is 184 g/mol. The van der Waals surface area contributed by atoms with Crippen molar-refractivity contribution in [2.24, 2.45) is 0 Å². The number of aromatic amines is 1. The molecule has 0 saturated carbocycles. The first-order valence-corrected chi connectivity index (χ1v) is 3.57. The lowest BCUT2D eigenvalue weighted by molar-refractivity contribution is -0.106. The molecule has 0 aliphatic heterocycles. The van der Waals surface area contributed by atoms with E-state index in [0.29, 0.717) is 0 Å². The third-order valence-electron chi connectivity index (χ3n) is 1.38. The molecular formula is C8H6ClNO2. The highest BCUT2D eigenvalue weighted by atomic mass is 35.5. The van der Waals surface area contributed by atoms with Crippen molar-refractivity contribution in [1.82, 2.24) is 4.98 Å². The number of nitrogens with one attached hydrogen (secondary N) is 1. The maximum atomic E-state index is 11.0. The minimum Gasteiger partial charge on any atom is -0.329 e. The number of halogens is 1. The number of rotatable bonds is 2. The van der Waals surface area contributed by atoms with Gasteiger partial charge in [-0.15, -0.1) is 0 Å². The molecule has 1 N–H and O–H groups in total. The van der Waals surface area contributed by atoms with E-state index in [1.165, 1.54) is 12.3 Å². The second-order valence-corrected chi connectivity index (χ2v) is 2.51. The summed E-state index contributed by atoms with van der Waals surface area (Å²) in [7, 11) is 0. The number of hydrogen-bond donors (Lipinski definition) is 1. The Labute approximate surface area is 73.7 Å². The fraction of sp³-hybridized carbons (Fsp3) is 0. The maximum absolute atomic E-state index is 11.0. The van der Waals surface area contributed by atoms with Gasteiger partial charge in [0.15, 0.2) is 0 Å². The lowest BCUT2D eigenvalue weighted by Gasteiger charge is -1.96. The van der Waals surface area contributed by atoms with E-state index >= 15 is 0 Å². The Hall–Kier alpha value is -1.35. The number of pyridine rings is 1. The molecule has 0 aliphatic rings. The van der Waals surface area contributed by atoms with Crippen LogP contribution >= 0.6 is 11.6 Å². The van der Waals surface area contributed by atoms with Crippen LogP contribution in [0.3, 0.4) is 0 Å². The second-order valence-electron chi connectivity index (χ2n) is 2.17. The van der Waals surface area contributed by atoms with E-state index in [1.807, 2.05) is 0 Å². The number of carbonyl (C=O) groups excluding carboxylic acids is 1. The molecule has 1 aromatic heterocycles. The number of allylic oxidation sites excluding steroid dienone is 1. The molecule has 0 radical (unpaired) electrons. The molecule has 0 amide bonds. The van der Waals surface area contributed by atoms with Crippen LogP contribution in [0.5, 0.6) is 0 Å². The van der Waals surface area contributed by atoms with Crippen LogP contribution in [0.1, 0.15) is 5.56 Å². The van der Waals surface area contributed by atoms with Gasteiger partial charge in [-0.25, -0.2) is 0 Å². The predicted octanol–water partition coefficient (Wildman–Crippen LogP) is 1.15. The van der Waals surface area contributed by atoms with E-state index in [0.717, 1.165) is 0 Å². The molecule has 0 spiro atoms. The summed E-state index contributed by atoms with van der Waals surface area (Å²) in [6.45, 7) is 3.38. The molecule has 0 aromatic carbocycles. The quantitative estimate of drug-likeness (QED) is 0.553. The molecule has 12 heavy (non-hydrogen) atoms. The Balaban J connectivity index is 3.21. The van der Waals surface area contributed by atoms with Crippen molar-refractivity contribution in [2.75, 3.05) is 0 Å². The van der Waals surface area contributed by atoms with Gasteiger partial charge in [-0.1, -0.05) is 6.58 Å². The molecule has 0 saturated heterocycles. The van der Waals surface area contributed by atoms with Crippen LogP contribution in [0.4, 0.5) is 0 Å². The van der Waals surface area contributed by atoms with Gasteiger partial charge in [0.2, 0.25) is 0 Å².